The van der Waals surface area contributed by atoms with Crippen LogP contribution in [0.4, 0.5) is 0 Å². The summed E-state index contributed by atoms with van der Waals surface area (Å²) in [6, 6.07) is 10.9. The van der Waals surface area contributed by atoms with Crippen molar-refractivity contribution in [2.24, 2.45) is 4.99 Å². The van der Waals surface area contributed by atoms with Crippen LogP contribution in [0.5, 0.6) is 0 Å². The van der Waals surface area contributed by atoms with Gasteiger partial charge in [0.1, 0.15) is 0 Å². The van der Waals surface area contributed by atoms with E-state index in [1.165, 1.54) is 24.2 Å². The number of ether oxygens (including phenoxy) is 1. The van der Waals surface area contributed by atoms with E-state index < -0.39 is 0 Å². The molecule has 1 aromatic rings. The van der Waals surface area contributed by atoms with Gasteiger partial charge in [0, 0.05) is 36.5 Å². The van der Waals surface area contributed by atoms with Crippen molar-refractivity contribution in [2.45, 2.75) is 49.7 Å². The number of hydrogen-bond donors (Lipinski definition) is 2. The molecule has 2 fully saturated rings. The molecule has 5 heteroatoms. The molecule has 2 aliphatic heterocycles. The smallest absolute Gasteiger partial charge is 0.191 e. The van der Waals surface area contributed by atoms with Crippen LogP contribution in [0.15, 0.2) is 35.3 Å². The number of guanidine groups is 1. The molecule has 2 aliphatic rings. The molecule has 0 aliphatic carbocycles. The highest BCUT2D eigenvalue weighted by molar-refractivity contribution is 8.00. The molecule has 1 aromatic carbocycles. The van der Waals surface area contributed by atoms with Crippen LogP contribution >= 0.6 is 11.8 Å². The predicted molar refractivity (Wildman–Crippen MR) is 112 cm³/mol. The summed E-state index contributed by atoms with van der Waals surface area (Å²) < 4.78 is 5.96. The average molecular weight is 376 g/mol. The largest absolute Gasteiger partial charge is 0.381 e. The fourth-order valence-electron chi connectivity index (χ4n) is 3.92. The molecule has 0 bridgehead atoms. The van der Waals surface area contributed by atoms with Crippen LogP contribution < -0.4 is 10.6 Å². The standard InChI is InChI=1S/C21H33N3OS/c1-3-22-19(23-16-20(2)10-7-15-26-20)24-17-21(11-13-25-14-12-21)18-8-5-4-6-9-18/h4-6,8-9H,3,7,10-17H2,1-2H3,(H2,22,23,24). The third kappa shape index (κ3) is 4.95. The highest BCUT2D eigenvalue weighted by Gasteiger charge is 2.34. The summed E-state index contributed by atoms with van der Waals surface area (Å²) >= 11 is 2.07. The first-order valence-electron chi connectivity index (χ1n) is 9.95. The predicted octanol–water partition coefficient (Wildman–Crippen LogP) is 3.58. The van der Waals surface area contributed by atoms with E-state index in [9.17, 15) is 0 Å². The van der Waals surface area contributed by atoms with Gasteiger partial charge in [0.15, 0.2) is 5.96 Å². The van der Waals surface area contributed by atoms with Gasteiger partial charge >= 0.3 is 0 Å². The Balaban J connectivity index is 1.69. The van der Waals surface area contributed by atoms with Crippen molar-refractivity contribution in [1.82, 2.24) is 10.6 Å². The summed E-state index contributed by atoms with van der Waals surface area (Å²) in [5.41, 5.74) is 1.53. The number of nitrogens with one attached hydrogen (secondary N) is 2. The average Bonchev–Trinajstić information content (AvgIpc) is 3.12. The van der Waals surface area contributed by atoms with Crippen molar-refractivity contribution in [3.63, 3.8) is 0 Å². The molecule has 144 valence electrons. The number of thioether (sulfide) groups is 1. The zero-order valence-corrected chi connectivity index (χ0v) is 17.0. The van der Waals surface area contributed by atoms with Gasteiger partial charge in [-0.25, -0.2) is 0 Å². The molecule has 1 atom stereocenters. The lowest BCUT2D eigenvalue weighted by atomic mass is 9.74. The summed E-state index contributed by atoms with van der Waals surface area (Å²) in [5.74, 6) is 2.22. The fraction of sp³-hybridized carbons (Fsp3) is 0.667. The lowest BCUT2D eigenvalue weighted by molar-refractivity contribution is 0.0514. The van der Waals surface area contributed by atoms with Crippen molar-refractivity contribution in [3.05, 3.63) is 35.9 Å². The molecular weight excluding hydrogens is 342 g/mol. The minimum atomic E-state index is 0.127. The Kier molecular flexibility index (Phi) is 6.87. The Morgan fingerprint density at radius 2 is 1.92 bits per heavy atom. The Morgan fingerprint density at radius 3 is 2.58 bits per heavy atom. The lowest BCUT2D eigenvalue weighted by Crippen LogP contribution is -2.48. The van der Waals surface area contributed by atoms with Gasteiger partial charge in [-0.1, -0.05) is 30.3 Å². The van der Waals surface area contributed by atoms with Gasteiger partial charge in [-0.2, -0.15) is 11.8 Å². The summed E-state index contributed by atoms with van der Waals surface area (Å²) in [7, 11) is 0. The van der Waals surface area contributed by atoms with Crippen LogP contribution in [0, 0.1) is 0 Å². The first-order chi connectivity index (χ1) is 12.7. The Bertz CT molecular complexity index is 578. The molecule has 1 unspecified atom stereocenters. The molecule has 0 aromatic heterocycles. The SMILES string of the molecule is CCNC(=NCC1(C)CCCS1)NCC1(c2ccccc2)CCOCC1. The number of nitrogens with zero attached hydrogens (tertiary/aromatic N) is 1. The third-order valence-corrected chi connectivity index (χ3v) is 7.17. The normalized spacial score (nSPS) is 25.8. The van der Waals surface area contributed by atoms with Crippen LogP contribution in [-0.2, 0) is 10.2 Å². The molecular formula is C21H33N3OS. The van der Waals surface area contributed by atoms with Gasteiger partial charge in [-0.05, 0) is 50.8 Å². The summed E-state index contributed by atoms with van der Waals surface area (Å²) in [6.07, 6.45) is 4.69. The third-order valence-electron chi connectivity index (χ3n) is 5.65. The van der Waals surface area contributed by atoms with Crippen LogP contribution in [0.3, 0.4) is 0 Å². The zero-order chi connectivity index (χ0) is 18.3. The second-order valence-corrected chi connectivity index (χ2v) is 9.39. The molecule has 4 nitrogen and oxygen atoms in total. The molecule has 0 saturated carbocycles. The van der Waals surface area contributed by atoms with E-state index in [1.54, 1.807) is 0 Å². The van der Waals surface area contributed by atoms with E-state index in [-0.39, 0.29) is 5.41 Å². The lowest BCUT2D eigenvalue weighted by Gasteiger charge is -2.38. The first kappa shape index (κ1) is 19.6. The molecule has 26 heavy (non-hydrogen) atoms. The molecule has 0 amide bonds. The van der Waals surface area contributed by atoms with E-state index in [0.29, 0.717) is 4.75 Å². The van der Waals surface area contributed by atoms with Crippen LogP contribution in [0.2, 0.25) is 0 Å². The van der Waals surface area contributed by atoms with Gasteiger partial charge in [-0.15, -0.1) is 0 Å². The van der Waals surface area contributed by atoms with Gasteiger partial charge in [0.2, 0.25) is 0 Å². The quantitative estimate of drug-likeness (QED) is 0.589. The van der Waals surface area contributed by atoms with Gasteiger partial charge in [-0.3, -0.25) is 4.99 Å². The van der Waals surface area contributed by atoms with Crippen LogP contribution in [-0.4, -0.2) is 49.3 Å². The molecule has 2 N–H and O–H groups in total. The topological polar surface area (TPSA) is 45.7 Å². The maximum atomic E-state index is 5.65. The maximum absolute atomic E-state index is 5.65. The summed E-state index contributed by atoms with van der Waals surface area (Å²) in [6.45, 7) is 8.81. The van der Waals surface area contributed by atoms with E-state index in [0.717, 1.165) is 51.6 Å². The van der Waals surface area contributed by atoms with Crippen LogP contribution in [0.1, 0.15) is 45.1 Å². The minimum Gasteiger partial charge on any atom is -0.381 e. The van der Waals surface area contributed by atoms with Gasteiger partial charge in [0.25, 0.3) is 0 Å². The summed E-state index contributed by atoms with van der Waals surface area (Å²) in [4.78, 5) is 4.92. The molecule has 0 radical (unpaired) electrons. The monoisotopic (exact) mass is 375 g/mol. The highest BCUT2D eigenvalue weighted by Crippen LogP contribution is 2.38. The number of benzene rings is 1. The van der Waals surface area contributed by atoms with E-state index in [2.05, 4.69) is 66.6 Å². The molecule has 2 saturated heterocycles. The number of rotatable bonds is 6. The summed E-state index contributed by atoms with van der Waals surface area (Å²) in [5, 5.41) is 7.08. The minimum absolute atomic E-state index is 0.127. The number of aliphatic imine (C=N–C) groups is 1. The van der Waals surface area contributed by atoms with Crippen LogP contribution in [0.25, 0.3) is 0 Å². The van der Waals surface area contributed by atoms with Gasteiger partial charge < -0.3 is 15.4 Å². The Labute approximate surface area is 162 Å². The van der Waals surface area contributed by atoms with Crippen molar-refractivity contribution < 1.29 is 4.74 Å². The van der Waals surface area contributed by atoms with Crippen molar-refractivity contribution in [3.8, 4) is 0 Å². The van der Waals surface area contributed by atoms with E-state index in [4.69, 9.17) is 9.73 Å². The maximum Gasteiger partial charge on any atom is 0.191 e. The van der Waals surface area contributed by atoms with E-state index in [1.807, 2.05) is 0 Å². The molecule has 2 heterocycles. The van der Waals surface area contributed by atoms with Crippen molar-refractivity contribution in [2.75, 3.05) is 38.6 Å². The van der Waals surface area contributed by atoms with E-state index >= 15 is 0 Å². The first-order valence-corrected chi connectivity index (χ1v) is 10.9. The second-order valence-electron chi connectivity index (χ2n) is 7.71. The molecule has 3 rings (SSSR count). The Morgan fingerprint density at radius 1 is 1.15 bits per heavy atom. The fourth-order valence-corrected chi connectivity index (χ4v) is 5.15. The molecule has 0 spiro atoms. The van der Waals surface area contributed by atoms with Crippen molar-refractivity contribution >= 4 is 17.7 Å². The zero-order valence-electron chi connectivity index (χ0n) is 16.2. The van der Waals surface area contributed by atoms with Crippen molar-refractivity contribution in [1.29, 1.82) is 0 Å². The Hall–Kier alpha value is -1.20. The number of hydrogen-bond acceptors (Lipinski definition) is 3. The highest BCUT2D eigenvalue weighted by atomic mass is 32.2. The second kappa shape index (κ2) is 9.14. The van der Waals surface area contributed by atoms with Gasteiger partial charge in [0.05, 0.1) is 6.54 Å².